The van der Waals surface area contributed by atoms with Gasteiger partial charge in [0.05, 0.1) is 19.8 Å². The largest absolute Gasteiger partial charge is 0.475 e. The quantitative estimate of drug-likeness (QED) is 0.675. The average molecular weight is 254 g/mol. The van der Waals surface area contributed by atoms with E-state index in [4.69, 9.17) is 14.3 Å². The SMILES string of the molecule is O=C(O)c1ccc(CNC(=O)C2COCCN2)o1. The number of carbonyl (C=O) groups is 2. The summed E-state index contributed by atoms with van der Waals surface area (Å²) in [5, 5.41) is 14.3. The normalized spacial score (nSPS) is 19.4. The number of amides is 1. The maximum absolute atomic E-state index is 11.7. The van der Waals surface area contributed by atoms with E-state index in [-0.39, 0.29) is 24.3 Å². The summed E-state index contributed by atoms with van der Waals surface area (Å²) >= 11 is 0. The summed E-state index contributed by atoms with van der Waals surface area (Å²) < 4.78 is 10.2. The van der Waals surface area contributed by atoms with Crippen molar-refractivity contribution in [2.75, 3.05) is 19.8 Å². The molecule has 98 valence electrons. The zero-order valence-corrected chi connectivity index (χ0v) is 9.64. The van der Waals surface area contributed by atoms with E-state index in [9.17, 15) is 9.59 Å². The summed E-state index contributed by atoms with van der Waals surface area (Å²) in [4.78, 5) is 22.3. The van der Waals surface area contributed by atoms with Gasteiger partial charge in [-0.3, -0.25) is 4.79 Å². The Bertz CT molecular complexity index is 436. The third-order valence-corrected chi connectivity index (χ3v) is 2.55. The fourth-order valence-electron chi connectivity index (χ4n) is 1.62. The van der Waals surface area contributed by atoms with Crippen molar-refractivity contribution in [3.05, 3.63) is 23.7 Å². The third-order valence-electron chi connectivity index (χ3n) is 2.55. The summed E-state index contributed by atoms with van der Waals surface area (Å²) in [6, 6.07) is 2.51. The fraction of sp³-hybridized carbons (Fsp3) is 0.455. The van der Waals surface area contributed by atoms with E-state index in [2.05, 4.69) is 10.6 Å². The highest BCUT2D eigenvalue weighted by atomic mass is 16.5. The molecule has 0 spiro atoms. The van der Waals surface area contributed by atoms with E-state index in [0.29, 0.717) is 25.5 Å². The molecule has 0 saturated carbocycles. The van der Waals surface area contributed by atoms with Crippen molar-refractivity contribution < 1.29 is 23.8 Å². The number of aromatic carboxylic acids is 1. The average Bonchev–Trinajstić information content (AvgIpc) is 2.86. The molecule has 3 N–H and O–H groups in total. The van der Waals surface area contributed by atoms with Crippen LogP contribution in [0.3, 0.4) is 0 Å². The first kappa shape index (κ1) is 12.6. The molecule has 1 unspecified atom stereocenters. The maximum Gasteiger partial charge on any atom is 0.371 e. The third kappa shape index (κ3) is 3.08. The number of carbonyl (C=O) groups excluding carboxylic acids is 1. The van der Waals surface area contributed by atoms with Crippen molar-refractivity contribution in [3.63, 3.8) is 0 Å². The molecule has 1 atom stereocenters. The summed E-state index contributed by atoms with van der Waals surface area (Å²) in [7, 11) is 0. The molecule has 7 nitrogen and oxygen atoms in total. The summed E-state index contributed by atoms with van der Waals surface area (Å²) in [6.07, 6.45) is 0. The highest BCUT2D eigenvalue weighted by Crippen LogP contribution is 2.07. The number of rotatable bonds is 4. The van der Waals surface area contributed by atoms with Gasteiger partial charge in [0.1, 0.15) is 11.8 Å². The van der Waals surface area contributed by atoms with Gasteiger partial charge in [-0.1, -0.05) is 0 Å². The molecule has 0 radical (unpaired) electrons. The number of nitrogens with one attached hydrogen (secondary N) is 2. The second-order valence-electron chi connectivity index (χ2n) is 3.87. The van der Waals surface area contributed by atoms with Gasteiger partial charge in [-0.15, -0.1) is 0 Å². The highest BCUT2D eigenvalue weighted by Gasteiger charge is 2.21. The zero-order chi connectivity index (χ0) is 13.0. The van der Waals surface area contributed by atoms with Gasteiger partial charge in [0.15, 0.2) is 0 Å². The topological polar surface area (TPSA) is 101 Å². The summed E-state index contributed by atoms with van der Waals surface area (Å²) in [5.41, 5.74) is 0. The molecular formula is C11H14N2O5. The lowest BCUT2D eigenvalue weighted by atomic mass is 10.2. The van der Waals surface area contributed by atoms with Crippen LogP contribution in [0.15, 0.2) is 16.5 Å². The molecule has 0 aliphatic carbocycles. The highest BCUT2D eigenvalue weighted by molar-refractivity contribution is 5.84. The van der Waals surface area contributed by atoms with Gasteiger partial charge in [-0.25, -0.2) is 4.79 Å². The molecule has 1 saturated heterocycles. The van der Waals surface area contributed by atoms with Crippen molar-refractivity contribution in [3.8, 4) is 0 Å². The number of carboxylic acids is 1. The number of ether oxygens (including phenoxy) is 1. The van der Waals surface area contributed by atoms with Crippen LogP contribution >= 0.6 is 0 Å². The van der Waals surface area contributed by atoms with E-state index in [1.54, 1.807) is 0 Å². The van der Waals surface area contributed by atoms with Gasteiger partial charge in [0.25, 0.3) is 0 Å². The molecule has 0 aromatic carbocycles. The first-order valence-corrected chi connectivity index (χ1v) is 5.57. The maximum atomic E-state index is 11.7. The van der Waals surface area contributed by atoms with Gasteiger partial charge in [-0.05, 0) is 12.1 Å². The van der Waals surface area contributed by atoms with E-state index >= 15 is 0 Å². The molecule has 18 heavy (non-hydrogen) atoms. The van der Waals surface area contributed by atoms with E-state index < -0.39 is 5.97 Å². The summed E-state index contributed by atoms with van der Waals surface area (Å²) in [5.74, 6) is -1.06. The molecule has 1 aliphatic rings. The number of carboxylic acid groups (broad SMARTS) is 1. The Hall–Kier alpha value is -1.86. The molecular weight excluding hydrogens is 240 g/mol. The van der Waals surface area contributed by atoms with Crippen LogP contribution in [0.25, 0.3) is 0 Å². The Morgan fingerprint density at radius 1 is 1.50 bits per heavy atom. The number of furan rings is 1. The van der Waals surface area contributed by atoms with Crippen molar-refractivity contribution in [2.45, 2.75) is 12.6 Å². The van der Waals surface area contributed by atoms with Crippen LogP contribution in [0.2, 0.25) is 0 Å². The van der Waals surface area contributed by atoms with Crippen LogP contribution in [0.4, 0.5) is 0 Å². The number of hydrogen-bond acceptors (Lipinski definition) is 5. The van der Waals surface area contributed by atoms with Crippen LogP contribution in [-0.2, 0) is 16.1 Å². The molecule has 1 amide bonds. The van der Waals surface area contributed by atoms with Gasteiger partial charge >= 0.3 is 5.97 Å². The summed E-state index contributed by atoms with van der Waals surface area (Å²) in [6.45, 7) is 1.74. The second kappa shape index (κ2) is 5.65. The van der Waals surface area contributed by atoms with Gasteiger partial charge in [0.2, 0.25) is 11.7 Å². The van der Waals surface area contributed by atoms with Gasteiger partial charge in [-0.2, -0.15) is 0 Å². The van der Waals surface area contributed by atoms with E-state index in [0.717, 1.165) is 0 Å². The minimum Gasteiger partial charge on any atom is -0.475 e. The van der Waals surface area contributed by atoms with E-state index in [1.807, 2.05) is 0 Å². The molecule has 0 bridgehead atoms. The van der Waals surface area contributed by atoms with Crippen molar-refractivity contribution in [1.29, 1.82) is 0 Å². The lowest BCUT2D eigenvalue weighted by Crippen LogP contribution is -2.51. The molecule has 1 fully saturated rings. The van der Waals surface area contributed by atoms with Gasteiger partial charge in [0, 0.05) is 6.54 Å². The lowest BCUT2D eigenvalue weighted by molar-refractivity contribution is -0.126. The van der Waals surface area contributed by atoms with Crippen molar-refractivity contribution >= 4 is 11.9 Å². The Balaban J connectivity index is 1.82. The van der Waals surface area contributed by atoms with Crippen LogP contribution in [0, 0.1) is 0 Å². The minimum absolute atomic E-state index is 0.140. The first-order chi connectivity index (χ1) is 8.66. The Labute approximate surface area is 103 Å². The molecule has 1 aromatic heterocycles. The van der Waals surface area contributed by atoms with Crippen LogP contribution in [0.1, 0.15) is 16.3 Å². The second-order valence-corrected chi connectivity index (χ2v) is 3.87. The predicted molar refractivity (Wildman–Crippen MR) is 60.1 cm³/mol. The van der Waals surface area contributed by atoms with Gasteiger partial charge < -0.3 is 24.9 Å². The van der Waals surface area contributed by atoms with Crippen molar-refractivity contribution in [2.24, 2.45) is 0 Å². The first-order valence-electron chi connectivity index (χ1n) is 5.57. The molecule has 7 heteroatoms. The van der Waals surface area contributed by atoms with Crippen LogP contribution < -0.4 is 10.6 Å². The van der Waals surface area contributed by atoms with Crippen LogP contribution in [0.5, 0.6) is 0 Å². The molecule has 1 aliphatic heterocycles. The standard InChI is InChI=1S/C11H14N2O5/c14-10(8-6-17-4-3-12-8)13-5-7-1-2-9(18-7)11(15)16/h1-2,8,12H,3-6H2,(H,13,14)(H,15,16). The predicted octanol–water partition coefficient (Wildman–Crippen LogP) is -0.418. The monoisotopic (exact) mass is 254 g/mol. The fourth-order valence-corrected chi connectivity index (χ4v) is 1.62. The smallest absolute Gasteiger partial charge is 0.371 e. The molecule has 1 aromatic rings. The zero-order valence-electron chi connectivity index (χ0n) is 9.64. The number of hydrogen-bond donors (Lipinski definition) is 3. The molecule has 2 rings (SSSR count). The lowest BCUT2D eigenvalue weighted by Gasteiger charge is -2.22. The number of morpholine rings is 1. The minimum atomic E-state index is -1.13. The Morgan fingerprint density at radius 2 is 2.33 bits per heavy atom. The van der Waals surface area contributed by atoms with Crippen LogP contribution in [-0.4, -0.2) is 42.8 Å². The van der Waals surface area contributed by atoms with E-state index in [1.165, 1.54) is 12.1 Å². The Morgan fingerprint density at radius 3 is 2.94 bits per heavy atom. The Kier molecular flexibility index (Phi) is 3.96. The molecule has 2 heterocycles. The van der Waals surface area contributed by atoms with Crippen molar-refractivity contribution in [1.82, 2.24) is 10.6 Å².